The van der Waals surface area contributed by atoms with Crippen molar-refractivity contribution in [2.75, 3.05) is 12.4 Å². The number of rotatable bonds is 3. The van der Waals surface area contributed by atoms with Crippen LogP contribution in [0.3, 0.4) is 0 Å². The minimum absolute atomic E-state index is 0.0249. The molecule has 8 heteroatoms. The Hall–Kier alpha value is -2.64. The zero-order valence-electron chi connectivity index (χ0n) is 14.2. The summed E-state index contributed by atoms with van der Waals surface area (Å²) < 4.78 is 6.87. The fourth-order valence-electron chi connectivity index (χ4n) is 3.13. The summed E-state index contributed by atoms with van der Waals surface area (Å²) in [6.45, 7) is 3.66. The minimum atomic E-state index is -0.382. The van der Waals surface area contributed by atoms with E-state index < -0.39 is 0 Å². The van der Waals surface area contributed by atoms with Gasteiger partial charge in [0.25, 0.3) is 0 Å². The van der Waals surface area contributed by atoms with Gasteiger partial charge in [-0.2, -0.15) is 5.10 Å². The average Bonchev–Trinajstić information content (AvgIpc) is 3.10. The summed E-state index contributed by atoms with van der Waals surface area (Å²) in [7, 11) is 3.53. The topological polar surface area (TPSA) is 93.3 Å². The quantitative estimate of drug-likeness (QED) is 0.921. The van der Waals surface area contributed by atoms with Crippen LogP contribution in [-0.4, -0.2) is 38.7 Å². The summed E-state index contributed by atoms with van der Waals surface area (Å²) in [6.07, 6.45) is 2.50. The number of hydrogen-bond donors (Lipinski definition) is 1. The molecular weight excluding hydrogens is 310 g/mol. The maximum absolute atomic E-state index is 12.8. The number of aromatic nitrogens is 3. The number of nitrogens with zero attached hydrogens (tertiary/aromatic N) is 4. The molecule has 8 nitrogen and oxygen atoms in total. The molecule has 1 saturated heterocycles. The lowest BCUT2D eigenvalue weighted by atomic mass is 9.86. The van der Waals surface area contributed by atoms with Crippen LogP contribution >= 0.6 is 0 Å². The number of aryl methyl sites for hydroxylation is 2. The molecule has 1 aliphatic heterocycles. The number of carbonyl (C=O) groups excluding carboxylic acids is 2. The van der Waals surface area contributed by atoms with Gasteiger partial charge >= 0.3 is 0 Å². The Morgan fingerprint density at radius 1 is 1.38 bits per heavy atom. The number of amides is 2. The highest BCUT2D eigenvalue weighted by molar-refractivity contribution is 5.94. The maximum atomic E-state index is 12.8. The third-order valence-corrected chi connectivity index (χ3v) is 4.75. The summed E-state index contributed by atoms with van der Waals surface area (Å²) >= 11 is 0. The molecule has 2 atom stereocenters. The average molecular weight is 331 g/mol. The lowest BCUT2D eigenvalue weighted by Gasteiger charge is -2.38. The minimum Gasteiger partial charge on any atom is -0.338 e. The first kappa shape index (κ1) is 16.2. The van der Waals surface area contributed by atoms with Gasteiger partial charge in [0.15, 0.2) is 0 Å². The van der Waals surface area contributed by atoms with Crippen molar-refractivity contribution in [2.24, 2.45) is 13.0 Å². The van der Waals surface area contributed by atoms with Crippen LogP contribution in [0.5, 0.6) is 0 Å². The first-order valence-corrected chi connectivity index (χ1v) is 7.87. The van der Waals surface area contributed by atoms with E-state index in [0.29, 0.717) is 18.7 Å². The van der Waals surface area contributed by atoms with Gasteiger partial charge in [-0.1, -0.05) is 5.16 Å². The van der Waals surface area contributed by atoms with E-state index >= 15 is 0 Å². The smallest absolute Gasteiger partial charge is 0.234 e. The Bertz CT molecular complexity index is 779. The molecule has 2 aromatic rings. The summed E-state index contributed by atoms with van der Waals surface area (Å²) in [4.78, 5) is 26.6. The van der Waals surface area contributed by atoms with E-state index in [0.717, 1.165) is 17.0 Å². The van der Waals surface area contributed by atoms with Gasteiger partial charge in [-0.05, 0) is 26.3 Å². The Labute approximate surface area is 139 Å². The Balaban J connectivity index is 1.89. The number of piperidine rings is 1. The molecule has 3 rings (SSSR count). The van der Waals surface area contributed by atoms with E-state index in [1.165, 1.54) is 0 Å². The summed E-state index contributed by atoms with van der Waals surface area (Å²) in [5.74, 6) is -0.176. The normalized spacial score (nSPS) is 21.2. The molecule has 0 saturated carbocycles. The van der Waals surface area contributed by atoms with E-state index in [4.69, 9.17) is 4.52 Å². The summed E-state index contributed by atoms with van der Waals surface area (Å²) in [5, 5.41) is 10.8. The van der Waals surface area contributed by atoms with E-state index in [2.05, 4.69) is 15.6 Å². The molecule has 2 aromatic heterocycles. The van der Waals surface area contributed by atoms with Gasteiger partial charge in [0, 0.05) is 32.3 Å². The second kappa shape index (κ2) is 6.10. The molecule has 2 amide bonds. The molecule has 1 N–H and O–H groups in total. The lowest BCUT2D eigenvalue weighted by molar-refractivity contribution is -0.140. The highest BCUT2D eigenvalue weighted by Gasteiger charge is 2.40. The van der Waals surface area contributed by atoms with Crippen LogP contribution < -0.4 is 5.32 Å². The van der Waals surface area contributed by atoms with Gasteiger partial charge in [0.1, 0.15) is 0 Å². The van der Waals surface area contributed by atoms with Gasteiger partial charge in [-0.25, -0.2) is 0 Å². The van der Waals surface area contributed by atoms with Gasteiger partial charge in [-0.15, -0.1) is 0 Å². The number of nitrogens with one attached hydrogen (secondary N) is 1. The van der Waals surface area contributed by atoms with Crippen LogP contribution in [0.4, 0.5) is 5.88 Å². The van der Waals surface area contributed by atoms with E-state index in [9.17, 15) is 9.59 Å². The number of likely N-dealkylation sites (tertiary alicyclic amines) is 1. The van der Waals surface area contributed by atoms with Crippen LogP contribution in [0.1, 0.15) is 35.8 Å². The van der Waals surface area contributed by atoms with Crippen molar-refractivity contribution in [3.8, 4) is 0 Å². The second-order valence-corrected chi connectivity index (χ2v) is 6.19. The molecule has 1 aliphatic rings. The van der Waals surface area contributed by atoms with Crippen molar-refractivity contribution in [1.82, 2.24) is 19.8 Å². The van der Waals surface area contributed by atoms with Gasteiger partial charge in [0.2, 0.25) is 17.7 Å². The molecule has 1 fully saturated rings. The van der Waals surface area contributed by atoms with Gasteiger partial charge < -0.3 is 9.42 Å². The molecule has 128 valence electrons. The van der Waals surface area contributed by atoms with Crippen LogP contribution in [0.25, 0.3) is 0 Å². The molecule has 0 spiro atoms. The van der Waals surface area contributed by atoms with Gasteiger partial charge in [0.05, 0.1) is 23.3 Å². The van der Waals surface area contributed by atoms with E-state index in [1.807, 2.05) is 19.9 Å². The third kappa shape index (κ3) is 2.68. The molecule has 0 aliphatic carbocycles. The summed E-state index contributed by atoms with van der Waals surface area (Å²) in [6, 6.07) is 1.48. The first-order valence-electron chi connectivity index (χ1n) is 7.87. The molecular formula is C16H21N5O3. The molecule has 3 heterocycles. The van der Waals surface area contributed by atoms with Crippen molar-refractivity contribution in [3.63, 3.8) is 0 Å². The third-order valence-electron chi connectivity index (χ3n) is 4.75. The molecule has 24 heavy (non-hydrogen) atoms. The van der Waals surface area contributed by atoms with E-state index in [-0.39, 0.29) is 23.8 Å². The van der Waals surface area contributed by atoms with Crippen LogP contribution in [0.2, 0.25) is 0 Å². The fourth-order valence-corrected chi connectivity index (χ4v) is 3.13. The fraction of sp³-hybridized carbons (Fsp3) is 0.500. The van der Waals surface area contributed by atoms with Crippen molar-refractivity contribution in [3.05, 3.63) is 29.2 Å². The Morgan fingerprint density at radius 2 is 2.12 bits per heavy atom. The Kier molecular flexibility index (Phi) is 4.13. The van der Waals surface area contributed by atoms with E-state index in [1.54, 1.807) is 29.9 Å². The molecule has 0 unspecified atom stereocenters. The molecule has 0 aromatic carbocycles. The SMILES string of the molecule is Cc1noc(NC(=O)[C@H]2CCC(=O)N(C)[C@@H]2c2ccnn2C)c1C. The largest absolute Gasteiger partial charge is 0.338 e. The second-order valence-electron chi connectivity index (χ2n) is 6.19. The van der Waals surface area contributed by atoms with Crippen molar-refractivity contribution in [1.29, 1.82) is 0 Å². The highest BCUT2D eigenvalue weighted by Crippen LogP contribution is 2.36. The zero-order valence-corrected chi connectivity index (χ0v) is 14.2. The molecule has 0 radical (unpaired) electrons. The number of hydrogen-bond acceptors (Lipinski definition) is 5. The predicted octanol–water partition coefficient (Wildman–Crippen LogP) is 1.57. The molecule has 0 bridgehead atoms. The standard InChI is InChI=1S/C16H21N5O3/c1-9-10(2)19-24-16(9)18-15(23)11-5-6-13(22)20(3)14(11)12-7-8-17-21(12)4/h7-8,11,14H,5-6H2,1-4H3,(H,18,23)/t11-,14-/m0/s1. The number of carbonyl (C=O) groups is 2. The first-order chi connectivity index (χ1) is 11.4. The lowest BCUT2D eigenvalue weighted by Crippen LogP contribution is -2.45. The van der Waals surface area contributed by atoms with Crippen LogP contribution in [0, 0.1) is 19.8 Å². The number of anilines is 1. The Morgan fingerprint density at radius 3 is 2.71 bits per heavy atom. The van der Waals surface area contributed by atoms with Crippen LogP contribution in [-0.2, 0) is 16.6 Å². The van der Waals surface area contributed by atoms with Crippen molar-refractivity contribution in [2.45, 2.75) is 32.7 Å². The summed E-state index contributed by atoms with van der Waals surface area (Å²) in [5.41, 5.74) is 2.38. The van der Waals surface area contributed by atoms with Gasteiger partial charge in [-0.3, -0.25) is 19.6 Å². The van der Waals surface area contributed by atoms with Crippen molar-refractivity contribution < 1.29 is 14.1 Å². The van der Waals surface area contributed by atoms with Crippen molar-refractivity contribution >= 4 is 17.7 Å². The predicted molar refractivity (Wildman–Crippen MR) is 86.0 cm³/mol. The highest BCUT2D eigenvalue weighted by atomic mass is 16.5. The monoisotopic (exact) mass is 331 g/mol. The zero-order chi connectivity index (χ0) is 17.4. The van der Waals surface area contributed by atoms with Crippen LogP contribution in [0.15, 0.2) is 16.8 Å². The maximum Gasteiger partial charge on any atom is 0.234 e.